The van der Waals surface area contributed by atoms with Crippen molar-refractivity contribution in [1.82, 2.24) is 14.6 Å². The van der Waals surface area contributed by atoms with E-state index in [2.05, 4.69) is 41.9 Å². The van der Waals surface area contributed by atoms with Gasteiger partial charge in [0.15, 0.2) is 17.3 Å². The molecule has 0 spiro atoms. The zero-order valence-corrected chi connectivity index (χ0v) is 25.4. The van der Waals surface area contributed by atoms with Gasteiger partial charge < -0.3 is 13.9 Å². The third kappa shape index (κ3) is 5.76. The van der Waals surface area contributed by atoms with Crippen molar-refractivity contribution in [3.63, 3.8) is 0 Å². The number of nitrogens with zero attached hydrogens (tertiary/aromatic N) is 5. The lowest BCUT2D eigenvalue weighted by Gasteiger charge is -2.13. The van der Waals surface area contributed by atoms with E-state index in [1.54, 1.807) is 30.3 Å². The molecule has 0 N–H and O–H groups in total. The van der Waals surface area contributed by atoms with Crippen molar-refractivity contribution in [2.24, 2.45) is 5.10 Å². The number of hydrogen-bond acceptors (Lipinski definition) is 9. The average Bonchev–Trinajstić information content (AvgIpc) is 3.42. The Morgan fingerprint density at radius 3 is 2.67 bits per heavy atom. The Kier molecular flexibility index (Phi) is 7.74. The van der Waals surface area contributed by atoms with Gasteiger partial charge in [-0.1, -0.05) is 28.1 Å². The first-order valence-corrected chi connectivity index (χ1v) is 14.4. The van der Waals surface area contributed by atoms with Gasteiger partial charge in [0, 0.05) is 32.0 Å². The molecule has 6 aromatic rings. The standard InChI is InChI=1S/C30H19Br2N5O6/c1-2-41-25-13-18(22(32)14-26(25)43-28-10-8-20(16-33-28)37(39)40)15-34-36-29(35-23-6-4-3-5-21(23)30(36)38)27-12-17-11-19(31)7-9-24(17)42-27/h3-16H,2H2,1H3. The average molecular weight is 705 g/mol. The minimum absolute atomic E-state index is 0.149. The van der Waals surface area contributed by atoms with Gasteiger partial charge in [-0.3, -0.25) is 14.9 Å². The predicted molar refractivity (Wildman–Crippen MR) is 168 cm³/mol. The highest BCUT2D eigenvalue weighted by atomic mass is 79.9. The van der Waals surface area contributed by atoms with Crippen molar-refractivity contribution in [3.05, 3.63) is 114 Å². The lowest BCUT2D eigenvalue weighted by molar-refractivity contribution is -0.385. The van der Waals surface area contributed by atoms with E-state index < -0.39 is 4.92 Å². The molecule has 13 heteroatoms. The van der Waals surface area contributed by atoms with E-state index in [4.69, 9.17) is 18.9 Å². The van der Waals surface area contributed by atoms with Gasteiger partial charge >= 0.3 is 0 Å². The van der Waals surface area contributed by atoms with Crippen LogP contribution in [0.5, 0.6) is 17.4 Å². The molecule has 43 heavy (non-hydrogen) atoms. The fourth-order valence-electron chi connectivity index (χ4n) is 4.29. The SMILES string of the molecule is CCOc1cc(C=Nn2c(-c3cc4cc(Br)ccc4o3)nc3ccccc3c2=O)c(Br)cc1Oc1ccc([N+](=O)[O-])cn1. The number of ether oxygens (including phenoxy) is 2. The van der Waals surface area contributed by atoms with Crippen LogP contribution in [-0.4, -0.2) is 32.4 Å². The van der Waals surface area contributed by atoms with Crippen molar-refractivity contribution in [1.29, 1.82) is 0 Å². The van der Waals surface area contributed by atoms with E-state index >= 15 is 0 Å². The van der Waals surface area contributed by atoms with Gasteiger partial charge in [0.2, 0.25) is 11.7 Å². The molecule has 0 saturated carbocycles. The Morgan fingerprint density at radius 1 is 1.07 bits per heavy atom. The van der Waals surface area contributed by atoms with E-state index in [1.807, 2.05) is 37.3 Å². The lowest BCUT2D eigenvalue weighted by atomic mass is 10.2. The summed E-state index contributed by atoms with van der Waals surface area (Å²) in [5.74, 6) is 1.46. The second kappa shape index (κ2) is 11.8. The summed E-state index contributed by atoms with van der Waals surface area (Å²) in [5, 5.41) is 16.7. The van der Waals surface area contributed by atoms with Crippen LogP contribution in [0.15, 0.2) is 102 Å². The second-order valence-electron chi connectivity index (χ2n) is 9.07. The van der Waals surface area contributed by atoms with Crippen LogP contribution in [0.1, 0.15) is 12.5 Å². The third-order valence-corrected chi connectivity index (χ3v) is 7.45. The number of aromatic nitrogens is 3. The number of pyridine rings is 1. The number of para-hydroxylation sites is 1. The molecule has 0 radical (unpaired) electrons. The molecule has 3 aromatic carbocycles. The Labute approximate surface area is 259 Å². The molecule has 11 nitrogen and oxygen atoms in total. The van der Waals surface area contributed by atoms with Gasteiger partial charge in [0.1, 0.15) is 11.8 Å². The summed E-state index contributed by atoms with van der Waals surface area (Å²) in [6.45, 7) is 2.16. The number of fused-ring (bicyclic) bond motifs is 2. The smallest absolute Gasteiger partial charge is 0.287 e. The monoisotopic (exact) mass is 703 g/mol. The molecule has 214 valence electrons. The molecule has 0 aliphatic carbocycles. The molecule has 0 aliphatic rings. The largest absolute Gasteiger partial charge is 0.490 e. The van der Waals surface area contributed by atoms with Crippen LogP contribution in [0.3, 0.4) is 0 Å². The summed E-state index contributed by atoms with van der Waals surface area (Å²) in [5.41, 5.74) is 1.20. The number of furan rings is 1. The zero-order valence-electron chi connectivity index (χ0n) is 22.2. The molecule has 3 aromatic heterocycles. The molecule has 0 saturated heterocycles. The molecule has 0 unspecified atom stereocenters. The normalized spacial score (nSPS) is 11.4. The van der Waals surface area contributed by atoms with E-state index in [0.29, 0.717) is 50.4 Å². The third-order valence-electron chi connectivity index (χ3n) is 6.27. The number of rotatable bonds is 8. The molecule has 6 rings (SSSR count). The summed E-state index contributed by atoms with van der Waals surface area (Å²) in [7, 11) is 0. The number of halogens is 2. The molecule has 3 heterocycles. The molecule has 0 amide bonds. The van der Waals surface area contributed by atoms with Crippen molar-refractivity contribution in [3.8, 4) is 29.0 Å². The zero-order chi connectivity index (χ0) is 30.1. The predicted octanol–water partition coefficient (Wildman–Crippen LogP) is 7.71. The minimum Gasteiger partial charge on any atom is -0.490 e. The van der Waals surface area contributed by atoms with Crippen LogP contribution in [0.2, 0.25) is 0 Å². The highest BCUT2D eigenvalue weighted by molar-refractivity contribution is 9.10. The van der Waals surface area contributed by atoms with Crippen LogP contribution >= 0.6 is 31.9 Å². The molecule has 0 bridgehead atoms. The van der Waals surface area contributed by atoms with Gasteiger partial charge in [-0.05, 0) is 71.4 Å². The maximum absolute atomic E-state index is 13.6. The fourth-order valence-corrected chi connectivity index (χ4v) is 5.09. The van der Waals surface area contributed by atoms with Crippen LogP contribution in [0, 0.1) is 10.1 Å². The molecule has 0 atom stereocenters. The first kappa shape index (κ1) is 28.2. The minimum atomic E-state index is -0.540. The molecular weight excluding hydrogens is 686 g/mol. The molecular formula is C30H19Br2N5O6. The van der Waals surface area contributed by atoms with Gasteiger partial charge in [0.05, 0.1) is 28.6 Å². The van der Waals surface area contributed by atoms with Gasteiger partial charge in [-0.15, -0.1) is 0 Å². The van der Waals surface area contributed by atoms with Gasteiger partial charge in [-0.2, -0.15) is 9.78 Å². The van der Waals surface area contributed by atoms with Gasteiger partial charge in [0.25, 0.3) is 11.2 Å². The first-order valence-electron chi connectivity index (χ1n) is 12.8. The summed E-state index contributed by atoms with van der Waals surface area (Å²) in [4.78, 5) is 32.8. The summed E-state index contributed by atoms with van der Waals surface area (Å²) < 4.78 is 20.4. The molecule has 0 fully saturated rings. The lowest BCUT2D eigenvalue weighted by Crippen LogP contribution is -2.20. The van der Waals surface area contributed by atoms with E-state index in [9.17, 15) is 14.9 Å². The Bertz CT molecular complexity index is 2110. The fraction of sp³-hybridized carbons (Fsp3) is 0.0667. The highest BCUT2D eigenvalue weighted by Crippen LogP contribution is 2.36. The summed E-state index contributed by atoms with van der Waals surface area (Å²) >= 11 is 7.01. The number of benzene rings is 3. The summed E-state index contributed by atoms with van der Waals surface area (Å²) in [6, 6.07) is 20.5. The van der Waals surface area contributed by atoms with Crippen LogP contribution in [0.25, 0.3) is 33.5 Å². The highest BCUT2D eigenvalue weighted by Gasteiger charge is 2.18. The van der Waals surface area contributed by atoms with Crippen LogP contribution in [-0.2, 0) is 0 Å². The Hall–Kier alpha value is -4.88. The van der Waals surface area contributed by atoms with Crippen molar-refractivity contribution >= 4 is 65.6 Å². The van der Waals surface area contributed by atoms with Crippen LogP contribution < -0.4 is 15.0 Å². The molecule has 0 aliphatic heterocycles. The van der Waals surface area contributed by atoms with Crippen molar-refractivity contribution in [2.75, 3.05) is 6.61 Å². The van der Waals surface area contributed by atoms with Crippen molar-refractivity contribution in [2.45, 2.75) is 6.92 Å². The van der Waals surface area contributed by atoms with Crippen molar-refractivity contribution < 1.29 is 18.8 Å². The van der Waals surface area contributed by atoms with E-state index in [1.165, 1.54) is 23.0 Å². The van der Waals surface area contributed by atoms with E-state index in [0.717, 1.165) is 16.1 Å². The Morgan fingerprint density at radius 2 is 1.91 bits per heavy atom. The quantitative estimate of drug-likeness (QED) is 0.0893. The maximum atomic E-state index is 13.6. The van der Waals surface area contributed by atoms with E-state index in [-0.39, 0.29) is 23.0 Å². The topological polar surface area (TPSA) is 135 Å². The van der Waals surface area contributed by atoms with Gasteiger partial charge in [-0.25, -0.2) is 9.97 Å². The number of nitro groups is 1. The first-order chi connectivity index (χ1) is 20.8. The summed E-state index contributed by atoms with van der Waals surface area (Å²) in [6.07, 6.45) is 2.61. The Balaban J connectivity index is 1.42. The maximum Gasteiger partial charge on any atom is 0.287 e. The van der Waals surface area contributed by atoms with Crippen LogP contribution in [0.4, 0.5) is 5.69 Å². The second-order valence-corrected chi connectivity index (χ2v) is 10.8. The number of hydrogen-bond donors (Lipinski definition) is 0.